The molecule has 3 rings (SSSR count). The van der Waals surface area contributed by atoms with Gasteiger partial charge in [-0.25, -0.2) is 4.79 Å². The maximum absolute atomic E-state index is 12.8. The number of benzene rings is 1. The summed E-state index contributed by atoms with van der Waals surface area (Å²) >= 11 is 0. The van der Waals surface area contributed by atoms with Crippen LogP contribution in [0, 0.1) is 16.0 Å². The third kappa shape index (κ3) is 3.31. The summed E-state index contributed by atoms with van der Waals surface area (Å²) in [5.74, 6) is -2.83. The molecule has 2 heterocycles. The number of nitro groups is 1. The highest BCUT2D eigenvalue weighted by Crippen LogP contribution is 2.44. The zero-order chi connectivity index (χ0) is 20.6. The lowest BCUT2D eigenvalue weighted by atomic mass is 9.76. The van der Waals surface area contributed by atoms with E-state index in [9.17, 15) is 24.5 Å². The first-order valence-electron chi connectivity index (χ1n) is 8.46. The molecule has 0 fully saturated rings. The van der Waals surface area contributed by atoms with Crippen LogP contribution >= 0.6 is 0 Å². The highest BCUT2D eigenvalue weighted by molar-refractivity contribution is 5.82. The van der Waals surface area contributed by atoms with Crippen molar-refractivity contribution in [3.05, 3.63) is 78.6 Å². The van der Waals surface area contributed by atoms with Gasteiger partial charge in [-0.3, -0.25) is 29.7 Å². The summed E-state index contributed by atoms with van der Waals surface area (Å²) in [4.78, 5) is 52.6. The van der Waals surface area contributed by atoms with E-state index in [-0.39, 0.29) is 28.3 Å². The van der Waals surface area contributed by atoms with Crippen LogP contribution in [-0.2, 0) is 9.53 Å². The van der Waals surface area contributed by atoms with E-state index < -0.39 is 40.1 Å². The Bertz CT molecular complexity index is 1080. The summed E-state index contributed by atoms with van der Waals surface area (Å²) in [5.41, 5.74) is -1.49. The normalized spacial score (nSPS) is 18.3. The number of H-pyrrole nitrogens is 2. The van der Waals surface area contributed by atoms with Crippen molar-refractivity contribution in [2.75, 3.05) is 5.32 Å². The lowest BCUT2D eigenvalue weighted by Crippen LogP contribution is -2.40. The van der Waals surface area contributed by atoms with Crippen LogP contribution < -0.4 is 16.6 Å². The first kappa shape index (κ1) is 19.1. The van der Waals surface area contributed by atoms with Crippen molar-refractivity contribution in [2.45, 2.75) is 25.9 Å². The number of nitrogens with one attached hydrogen (secondary N) is 3. The summed E-state index contributed by atoms with van der Waals surface area (Å²) < 4.78 is 5.30. The van der Waals surface area contributed by atoms with Gasteiger partial charge in [-0.1, -0.05) is 24.8 Å². The van der Waals surface area contributed by atoms with Crippen molar-refractivity contribution in [3.63, 3.8) is 0 Å². The number of anilines is 1. The minimum atomic E-state index is -1.11. The zero-order valence-corrected chi connectivity index (χ0v) is 15.1. The number of aromatic nitrogens is 2. The van der Waals surface area contributed by atoms with Gasteiger partial charge in [-0.05, 0) is 13.8 Å². The van der Waals surface area contributed by atoms with Crippen LogP contribution in [0.2, 0.25) is 0 Å². The Kier molecular flexibility index (Phi) is 4.87. The Morgan fingerprint density at radius 3 is 2.57 bits per heavy atom. The number of para-hydroxylation sites is 1. The predicted molar refractivity (Wildman–Crippen MR) is 100 cm³/mol. The highest BCUT2D eigenvalue weighted by Gasteiger charge is 2.44. The summed E-state index contributed by atoms with van der Waals surface area (Å²) in [6.07, 6.45) is -0.443. The molecule has 0 aliphatic carbocycles. The SMILES string of the molecule is C=C1Nc2[nH]c(=O)[nH]c(=O)c2[C@H](c2ccccc2[N+](=O)[O-])[C@H]1C(=O)OC(C)C. The second kappa shape index (κ2) is 7.14. The summed E-state index contributed by atoms with van der Waals surface area (Å²) in [6.45, 7) is 7.14. The number of aromatic amines is 2. The Hall–Kier alpha value is -3.69. The van der Waals surface area contributed by atoms with Crippen LogP contribution in [0.15, 0.2) is 46.1 Å². The standard InChI is InChI=1S/C18H18N4O6/c1-8(2)28-17(24)12-9(3)19-15-14(16(23)21-18(25)20-15)13(12)10-6-4-5-7-11(10)22(26)27/h4-8,12-13H,3H2,1-2H3,(H3,19,20,21,23,25)/t12-,13+/m0/s1. The van der Waals surface area contributed by atoms with Gasteiger partial charge in [0.25, 0.3) is 11.2 Å². The van der Waals surface area contributed by atoms with Gasteiger partial charge in [-0.2, -0.15) is 0 Å². The van der Waals surface area contributed by atoms with Crippen molar-refractivity contribution in [1.82, 2.24) is 9.97 Å². The monoisotopic (exact) mass is 386 g/mol. The van der Waals surface area contributed by atoms with Crippen LogP contribution in [0.3, 0.4) is 0 Å². The van der Waals surface area contributed by atoms with Crippen LogP contribution in [0.5, 0.6) is 0 Å². The minimum Gasteiger partial charge on any atom is -0.462 e. The first-order valence-corrected chi connectivity index (χ1v) is 8.46. The fourth-order valence-electron chi connectivity index (χ4n) is 3.33. The molecule has 1 aliphatic rings. The van der Waals surface area contributed by atoms with E-state index in [0.29, 0.717) is 0 Å². The molecule has 2 aromatic rings. The molecule has 10 nitrogen and oxygen atoms in total. The average molecular weight is 386 g/mol. The molecule has 2 atom stereocenters. The molecule has 28 heavy (non-hydrogen) atoms. The number of hydrogen-bond acceptors (Lipinski definition) is 7. The number of esters is 1. The van der Waals surface area contributed by atoms with E-state index in [1.165, 1.54) is 18.2 Å². The number of carbonyl (C=O) groups is 1. The van der Waals surface area contributed by atoms with Gasteiger partial charge < -0.3 is 10.1 Å². The second-order valence-electron chi connectivity index (χ2n) is 6.60. The summed E-state index contributed by atoms with van der Waals surface area (Å²) in [5, 5.41) is 14.3. The van der Waals surface area contributed by atoms with E-state index in [0.717, 1.165) is 0 Å². The lowest BCUT2D eigenvalue weighted by Gasteiger charge is -2.33. The molecule has 0 saturated heterocycles. The van der Waals surface area contributed by atoms with E-state index in [2.05, 4.69) is 21.9 Å². The van der Waals surface area contributed by atoms with Crippen LogP contribution in [-0.4, -0.2) is 27.0 Å². The molecule has 146 valence electrons. The number of nitrogens with zero attached hydrogens (tertiary/aromatic N) is 1. The Labute approximate surface area is 158 Å². The minimum absolute atomic E-state index is 0.00740. The van der Waals surface area contributed by atoms with E-state index in [1.807, 2.05) is 0 Å². The lowest BCUT2D eigenvalue weighted by molar-refractivity contribution is -0.385. The number of fused-ring (bicyclic) bond motifs is 1. The quantitative estimate of drug-likeness (QED) is 0.411. The van der Waals surface area contributed by atoms with Gasteiger partial charge in [0.15, 0.2) is 0 Å². The van der Waals surface area contributed by atoms with Crippen molar-refractivity contribution in [2.24, 2.45) is 5.92 Å². The summed E-state index contributed by atoms with van der Waals surface area (Å²) in [6, 6.07) is 5.80. The molecular formula is C18H18N4O6. The van der Waals surface area contributed by atoms with Gasteiger partial charge in [0.2, 0.25) is 0 Å². The number of carbonyl (C=O) groups excluding carboxylic acids is 1. The first-order chi connectivity index (χ1) is 13.2. The van der Waals surface area contributed by atoms with Gasteiger partial charge in [0.05, 0.1) is 16.6 Å². The molecule has 1 aromatic carbocycles. The molecule has 0 amide bonds. The number of ether oxygens (including phenoxy) is 1. The molecule has 0 spiro atoms. The van der Waals surface area contributed by atoms with Crippen molar-refractivity contribution in [1.29, 1.82) is 0 Å². The fourth-order valence-corrected chi connectivity index (χ4v) is 3.33. The Morgan fingerprint density at radius 2 is 1.93 bits per heavy atom. The fraction of sp³-hybridized carbons (Fsp3) is 0.278. The van der Waals surface area contributed by atoms with Crippen molar-refractivity contribution in [3.8, 4) is 0 Å². The number of hydrogen-bond donors (Lipinski definition) is 3. The third-order valence-corrected chi connectivity index (χ3v) is 4.36. The van der Waals surface area contributed by atoms with E-state index in [4.69, 9.17) is 4.74 Å². The Morgan fingerprint density at radius 1 is 1.25 bits per heavy atom. The van der Waals surface area contributed by atoms with Crippen molar-refractivity contribution >= 4 is 17.5 Å². The molecule has 0 bridgehead atoms. The van der Waals surface area contributed by atoms with Gasteiger partial charge in [0, 0.05) is 23.2 Å². The maximum Gasteiger partial charge on any atom is 0.327 e. The van der Waals surface area contributed by atoms with Crippen LogP contribution in [0.25, 0.3) is 0 Å². The molecule has 1 aliphatic heterocycles. The van der Waals surface area contributed by atoms with Crippen molar-refractivity contribution < 1.29 is 14.5 Å². The number of rotatable bonds is 4. The van der Waals surface area contributed by atoms with Gasteiger partial charge in [-0.15, -0.1) is 0 Å². The molecule has 1 aromatic heterocycles. The topological polar surface area (TPSA) is 147 Å². The van der Waals surface area contributed by atoms with E-state index >= 15 is 0 Å². The summed E-state index contributed by atoms with van der Waals surface area (Å²) in [7, 11) is 0. The van der Waals surface area contributed by atoms with E-state index in [1.54, 1.807) is 19.9 Å². The largest absolute Gasteiger partial charge is 0.462 e. The average Bonchev–Trinajstić information content (AvgIpc) is 2.59. The molecule has 3 N–H and O–H groups in total. The molecular weight excluding hydrogens is 368 g/mol. The van der Waals surface area contributed by atoms with Crippen LogP contribution in [0.1, 0.15) is 30.9 Å². The Balaban J connectivity index is 2.31. The van der Waals surface area contributed by atoms with Gasteiger partial charge in [0.1, 0.15) is 11.7 Å². The maximum atomic E-state index is 12.8. The molecule has 0 saturated carbocycles. The smallest absolute Gasteiger partial charge is 0.327 e. The predicted octanol–water partition coefficient (Wildman–Crippen LogP) is 1.61. The zero-order valence-electron chi connectivity index (χ0n) is 15.1. The second-order valence-corrected chi connectivity index (χ2v) is 6.60. The molecule has 10 heteroatoms. The molecule has 0 unspecified atom stereocenters. The van der Waals surface area contributed by atoms with Gasteiger partial charge >= 0.3 is 11.7 Å². The number of nitro benzene ring substituents is 1. The van der Waals surface area contributed by atoms with Crippen LogP contribution in [0.4, 0.5) is 11.5 Å². The third-order valence-electron chi connectivity index (χ3n) is 4.36. The highest BCUT2D eigenvalue weighted by atomic mass is 16.6. The molecule has 0 radical (unpaired) electrons.